The zero-order valence-electron chi connectivity index (χ0n) is 20.5. The highest BCUT2D eigenvalue weighted by molar-refractivity contribution is 6.00. The van der Waals surface area contributed by atoms with E-state index >= 15 is 0 Å². The predicted octanol–water partition coefficient (Wildman–Crippen LogP) is 2.16. The first-order valence-corrected chi connectivity index (χ1v) is 11.9. The molecule has 1 aromatic carbocycles. The number of aryl methyl sites for hydroxylation is 1. The fraction of sp³-hybridized carbons (Fsp3) is 0.423. The molecule has 3 rings (SSSR count). The number of likely N-dealkylation sites (tertiary alicyclic amines) is 1. The summed E-state index contributed by atoms with van der Waals surface area (Å²) in [5.74, 6) is -2.02. The number of hydrogen-bond donors (Lipinski definition) is 3. The number of amides is 3. The van der Waals surface area contributed by atoms with Crippen LogP contribution in [0, 0.1) is 12.8 Å². The van der Waals surface area contributed by atoms with Crippen LogP contribution in [-0.4, -0.2) is 64.7 Å². The van der Waals surface area contributed by atoms with E-state index < -0.39 is 48.2 Å². The summed E-state index contributed by atoms with van der Waals surface area (Å²) in [6.07, 6.45) is 0.752. The van der Waals surface area contributed by atoms with Gasteiger partial charge in [-0.05, 0) is 31.7 Å². The van der Waals surface area contributed by atoms with Gasteiger partial charge in [-0.15, -0.1) is 0 Å². The van der Waals surface area contributed by atoms with Crippen molar-refractivity contribution in [2.24, 2.45) is 5.92 Å². The van der Waals surface area contributed by atoms with Gasteiger partial charge in [0.2, 0.25) is 11.8 Å². The van der Waals surface area contributed by atoms with Crippen LogP contribution >= 0.6 is 0 Å². The topological polar surface area (TPSA) is 146 Å². The summed E-state index contributed by atoms with van der Waals surface area (Å²) in [7, 11) is 0. The number of hydrogen-bond acceptors (Lipinski definition) is 6. The van der Waals surface area contributed by atoms with Crippen molar-refractivity contribution in [3.8, 4) is 11.3 Å². The lowest BCUT2D eigenvalue weighted by atomic mass is 10.0. The minimum Gasteiger partial charge on any atom is -0.481 e. The summed E-state index contributed by atoms with van der Waals surface area (Å²) in [5, 5.41) is 14.1. The van der Waals surface area contributed by atoms with E-state index in [9.17, 15) is 24.0 Å². The van der Waals surface area contributed by atoms with Crippen molar-refractivity contribution in [1.82, 2.24) is 15.5 Å². The van der Waals surface area contributed by atoms with E-state index in [1.54, 1.807) is 26.8 Å². The molecule has 0 aliphatic carbocycles. The summed E-state index contributed by atoms with van der Waals surface area (Å²) in [4.78, 5) is 62.8. The number of carbonyl (C=O) groups is 5. The van der Waals surface area contributed by atoms with E-state index in [2.05, 4.69) is 10.6 Å². The molecule has 192 valence electrons. The third-order valence-electron chi connectivity index (χ3n) is 6.17. The fourth-order valence-electron chi connectivity index (χ4n) is 4.27. The molecule has 10 nitrogen and oxygen atoms in total. The number of carbonyl (C=O) groups excluding carboxylic acids is 4. The molecule has 0 radical (unpaired) electrons. The minimum absolute atomic E-state index is 0.277. The van der Waals surface area contributed by atoms with Crippen molar-refractivity contribution in [3.05, 3.63) is 47.7 Å². The summed E-state index contributed by atoms with van der Waals surface area (Å²) < 4.78 is 5.77. The summed E-state index contributed by atoms with van der Waals surface area (Å²) in [6.45, 7) is 5.57. The molecule has 2 aromatic rings. The van der Waals surface area contributed by atoms with Gasteiger partial charge in [-0.25, -0.2) is 0 Å². The van der Waals surface area contributed by atoms with E-state index in [-0.39, 0.29) is 5.92 Å². The number of aliphatic carboxylic acids is 1. The van der Waals surface area contributed by atoms with Gasteiger partial charge in [-0.2, -0.15) is 0 Å². The molecular weight excluding hydrogens is 466 g/mol. The molecule has 1 fully saturated rings. The van der Waals surface area contributed by atoms with Crippen LogP contribution < -0.4 is 10.6 Å². The Morgan fingerprint density at radius 2 is 1.86 bits per heavy atom. The lowest BCUT2D eigenvalue weighted by Crippen LogP contribution is -2.56. The smallest absolute Gasteiger partial charge is 0.305 e. The van der Waals surface area contributed by atoms with E-state index in [0.717, 1.165) is 5.56 Å². The zero-order chi connectivity index (χ0) is 26.4. The van der Waals surface area contributed by atoms with Gasteiger partial charge in [0, 0.05) is 12.1 Å². The van der Waals surface area contributed by atoms with Crippen LogP contribution in [0.2, 0.25) is 0 Å². The lowest BCUT2D eigenvalue weighted by Gasteiger charge is -2.30. The Kier molecular flexibility index (Phi) is 8.63. The van der Waals surface area contributed by atoms with Crippen LogP contribution in [0.25, 0.3) is 11.3 Å². The average molecular weight is 498 g/mol. The third-order valence-corrected chi connectivity index (χ3v) is 6.17. The number of furan rings is 1. The van der Waals surface area contributed by atoms with Gasteiger partial charge in [0.15, 0.2) is 0 Å². The Labute approximate surface area is 209 Å². The highest BCUT2D eigenvalue weighted by Crippen LogP contribution is 2.26. The van der Waals surface area contributed by atoms with E-state index in [1.165, 1.54) is 4.90 Å². The molecule has 3 atom stereocenters. The summed E-state index contributed by atoms with van der Waals surface area (Å²) in [5.41, 5.74) is 1.13. The lowest BCUT2D eigenvalue weighted by molar-refractivity contribution is -0.142. The maximum absolute atomic E-state index is 13.5. The van der Waals surface area contributed by atoms with Crippen LogP contribution in [0.4, 0.5) is 0 Å². The van der Waals surface area contributed by atoms with Crippen molar-refractivity contribution >= 4 is 30.0 Å². The monoisotopic (exact) mass is 497 g/mol. The molecular formula is C26H31N3O7. The van der Waals surface area contributed by atoms with Crippen LogP contribution in [0.5, 0.6) is 0 Å². The maximum atomic E-state index is 13.5. The summed E-state index contributed by atoms with van der Waals surface area (Å²) >= 11 is 0. The van der Waals surface area contributed by atoms with E-state index in [4.69, 9.17) is 9.52 Å². The van der Waals surface area contributed by atoms with Crippen LogP contribution in [0.1, 0.15) is 49.2 Å². The first kappa shape index (κ1) is 26.7. The van der Waals surface area contributed by atoms with Gasteiger partial charge in [-0.1, -0.05) is 44.2 Å². The highest BCUT2D eigenvalue weighted by Gasteiger charge is 2.39. The van der Waals surface area contributed by atoms with Gasteiger partial charge in [-0.3, -0.25) is 19.2 Å². The number of benzene rings is 1. The predicted molar refractivity (Wildman–Crippen MR) is 130 cm³/mol. The molecule has 0 saturated carbocycles. The summed E-state index contributed by atoms with van der Waals surface area (Å²) in [6, 6.07) is 8.03. The van der Waals surface area contributed by atoms with Crippen molar-refractivity contribution in [2.75, 3.05) is 6.54 Å². The first-order valence-electron chi connectivity index (χ1n) is 11.9. The Bertz CT molecular complexity index is 1130. The molecule has 3 N–H and O–H groups in total. The Morgan fingerprint density at radius 3 is 2.47 bits per heavy atom. The molecule has 1 saturated heterocycles. The molecule has 0 unspecified atom stereocenters. The van der Waals surface area contributed by atoms with Crippen LogP contribution in [0.15, 0.2) is 40.8 Å². The minimum atomic E-state index is -1.22. The van der Waals surface area contributed by atoms with Gasteiger partial charge in [0.25, 0.3) is 5.91 Å². The molecule has 3 amide bonds. The van der Waals surface area contributed by atoms with Crippen LogP contribution in [-0.2, 0) is 19.2 Å². The number of carboxylic acid groups (broad SMARTS) is 1. The molecule has 0 bridgehead atoms. The van der Waals surface area contributed by atoms with Crippen molar-refractivity contribution in [1.29, 1.82) is 0 Å². The average Bonchev–Trinajstić information content (AvgIpc) is 3.49. The SMILES string of the molecule is Cc1oc(-c2ccccc2)cc1C(=O)N[C@H](C(=O)N1CCC[C@H]1C(=O)N[C@H](C=O)CC(=O)O)C(C)C. The fourth-order valence-corrected chi connectivity index (χ4v) is 4.27. The zero-order valence-corrected chi connectivity index (χ0v) is 20.5. The number of nitrogens with zero attached hydrogens (tertiary/aromatic N) is 1. The first-order chi connectivity index (χ1) is 17.1. The second-order valence-electron chi connectivity index (χ2n) is 9.18. The largest absolute Gasteiger partial charge is 0.481 e. The van der Waals surface area contributed by atoms with Gasteiger partial charge in [0.05, 0.1) is 18.0 Å². The molecule has 36 heavy (non-hydrogen) atoms. The molecule has 1 aromatic heterocycles. The standard InChI is InChI=1S/C26H31N3O7/c1-15(2)23(28-24(33)19-13-21(36-16(19)3)17-8-5-4-6-9-17)26(35)29-11-7-10-20(29)25(34)27-18(14-30)12-22(31)32/h4-6,8-9,13-15,18,20,23H,7,10-12H2,1-3H3,(H,27,34)(H,28,33)(H,31,32)/t18-,20-,23-/m0/s1. The molecule has 1 aliphatic heterocycles. The molecule has 2 heterocycles. The van der Waals surface area contributed by atoms with Crippen molar-refractivity contribution in [2.45, 2.75) is 58.2 Å². The highest BCUT2D eigenvalue weighted by atomic mass is 16.4. The number of nitrogens with one attached hydrogen (secondary N) is 2. The normalized spacial score (nSPS) is 16.9. The van der Waals surface area contributed by atoms with Gasteiger partial charge in [0.1, 0.15) is 29.9 Å². The van der Waals surface area contributed by atoms with E-state index in [0.29, 0.717) is 42.8 Å². The Balaban J connectivity index is 1.74. The Morgan fingerprint density at radius 1 is 1.17 bits per heavy atom. The van der Waals surface area contributed by atoms with Crippen molar-refractivity contribution < 1.29 is 33.5 Å². The van der Waals surface area contributed by atoms with Gasteiger partial charge < -0.3 is 29.9 Å². The number of rotatable bonds is 10. The second kappa shape index (κ2) is 11.7. The van der Waals surface area contributed by atoms with Gasteiger partial charge >= 0.3 is 5.97 Å². The maximum Gasteiger partial charge on any atom is 0.305 e. The number of carboxylic acids is 1. The molecule has 0 spiro atoms. The molecule has 1 aliphatic rings. The van der Waals surface area contributed by atoms with E-state index in [1.807, 2.05) is 30.3 Å². The third kappa shape index (κ3) is 6.18. The molecule has 10 heteroatoms. The quantitative estimate of drug-likeness (QED) is 0.426. The van der Waals surface area contributed by atoms with Crippen LogP contribution in [0.3, 0.4) is 0 Å². The Hall–Kier alpha value is -3.95. The second-order valence-corrected chi connectivity index (χ2v) is 9.18. The van der Waals surface area contributed by atoms with Crippen molar-refractivity contribution in [3.63, 3.8) is 0 Å². The number of aldehydes is 1.